The molecule has 0 fully saturated rings. The molecule has 1 N–H and O–H groups in total. The van der Waals surface area contributed by atoms with Crippen molar-refractivity contribution in [3.8, 4) is 5.75 Å². The topological polar surface area (TPSA) is 68.5 Å². The van der Waals surface area contributed by atoms with E-state index in [-0.39, 0.29) is 11.7 Å². The second-order valence-corrected chi connectivity index (χ2v) is 7.93. The number of halogens is 1. The number of hydrogen-bond donors (Lipinski definition) is 1. The minimum atomic E-state index is -1.06. The van der Waals surface area contributed by atoms with Crippen molar-refractivity contribution in [1.29, 1.82) is 0 Å². The van der Waals surface area contributed by atoms with Crippen molar-refractivity contribution in [3.63, 3.8) is 0 Å². The molecule has 0 atom stereocenters. The summed E-state index contributed by atoms with van der Waals surface area (Å²) in [5.41, 5.74) is -1.06. The van der Waals surface area contributed by atoms with Crippen LogP contribution in [0.3, 0.4) is 0 Å². The van der Waals surface area contributed by atoms with E-state index in [1.807, 2.05) is 6.07 Å². The lowest BCUT2D eigenvalue weighted by Crippen LogP contribution is -2.46. The monoisotopic (exact) mass is 403 g/mol. The average molecular weight is 404 g/mol. The van der Waals surface area contributed by atoms with Crippen LogP contribution in [0.25, 0.3) is 0 Å². The van der Waals surface area contributed by atoms with Crippen molar-refractivity contribution in [2.45, 2.75) is 26.0 Å². The number of thiophene rings is 1. The lowest BCUT2D eigenvalue weighted by molar-refractivity contribution is -0.134. The van der Waals surface area contributed by atoms with Crippen molar-refractivity contribution in [2.75, 3.05) is 0 Å². The molecule has 0 aliphatic rings. The predicted octanol–water partition coefficient (Wildman–Crippen LogP) is 4.70. The maximum absolute atomic E-state index is 12.5. The first-order chi connectivity index (χ1) is 12.8. The van der Waals surface area contributed by atoms with E-state index in [2.05, 4.69) is 5.32 Å². The van der Waals surface area contributed by atoms with Crippen LogP contribution in [0.2, 0.25) is 5.02 Å². The van der Waals surface area contributed by atoms with Crippen LogP contribution >= 0.6 is 22.9 Å². The minimum Gasteiger partial charge on any atom is -0.478 e. The van der Waals surface area contributed by atoms with Gasteiger partial charge in [-0.05, 0) is 62.4 Å². The Bertz CT molecular complexity index is 929. The fourth-order valence-electron chi connectivity index (χ4n) is 2.35. The molecule has 7 heteroatoms. The second-order valence-electron chi connectivity index (χ2n) is 6.32. The zero-order valence-corrected chi connectivity index (χ0v) is 16.4. The van der Waals surface area contributed by atoms with Crippen LogP contribution < -0.4 is 10.1 Å². The first-order valence-corrected chi connectivity index (χ1v) is 9.44. The van der Waals surface area contributed by atoms with Crippen LogP contribution in [0.4, 0.5) is 0 Å². The Morgan fingerprint density at radius 3 is 2.56 bits per heavy atom. The van der Waals surface area contributed by atoms with E-state index in [0.717, 1.165) is 4.88 Å². The molecule has 0 saturated carbocycles. The Hall–Kier alpha value is -2.57. The number of nitrogens with one attached hydrogen (secondary N) is 1. The lowest BCUT2D eigenvalue weighted by atomic mass is 10.1. The lowest BCUT2D eigenvalue weighted by Gasteiger charge is -2.25. The van der Waals surface area contributed by atoms with Crippen LogP contribution in [0, 0.1) is 0 Å². The number of amides is 1. The van der Waals surface area contributed by atoms with Gasteiger partial charge >= 0.3 is 0 Å². The smallest absolute Gasteiger partial charge is 0.263 e. The molecule has 1 amide bonds. The van der Waals surface area contributed by atoms with Gasteiger partial charge in [-0.1, -0.05) is 11.6 Å². The van der Waals surface area contributed by atoms with E-state index < -0.39 is 5.60 Å². The summed E-state index contributed by atoms with van der Waals surface area (Å²) in [6.45, 7) is 3.69. The number of ketones is 1. The Balaban J connectivity index is 1.58. The molecule has 0 unspecified atom stereocenters. The molecular formula is C20H18ClNO4S. The van der Waals surface area contributed by atoms with Gasteiger partial charge in [0.05, 0.1) is 17.7 Å². The maximum Gasteiger partial charge on any atom is 0.263 e. The summed E-state index contributed by atoms with van der Waals surface area (Å²) < 4.78 is 10.9. The van der Waals surface area contributed by atoms with Gasteiger partial charge in [0.1, 0.15) is 5.75 Å². The third-order valence-electron chi connectivity index (χ3n) is 3.79. The molecule has 27 heavy (non-hydrogen) atoms. The molecule has 0 aliphatic carbocycles. The first kappa shape index (κ1) is 19.2. The van der Waals surface area contributed by atoms with Crippen molar-refractivity contribution in [3.05, 3.63) is 75.3 Å². The largest absolute Gasteiger partial charge is 0.478 e. The zero-order chi connectivity index (χ0) is 19.4. The van der Waals surface area contributed by atoms with E-state index in [9.17, 15) is 9.59 Å². The van der Waals surface area contributed by atoms with Crippen LogP contribution in [-0.4, -0.2) is 17.3 Å². The fourth-order valence-corrected chi connectivity index (χ4v) is 3.37. The normalized spacial score (nSPS) is 11.2. The van der Waals surface area contributed by atoms with E-state index >= 15 is 0 Å². The van der Waals surface area contributed by atoms with Crippen LogP contribution in [0.15, 0.2) is 59.2 Å². The summed E-state index contributed by atoms with van der Waals surface area (Å²) in [4.78, 5) is 26.2. The summed E-state index contributed by atoms with van der Waals surface area (Å²) in [5.74, 6) is 0.422. The van der Waals surface area contributed by atoms with E-state index in [0.29, 0.717) is 28.0 Å². The molecule has 3 rings (SSSR count). The standard InChI is InChI=1S/C20H18ClNO4S/c1-20(2,26-14-7-5-13(21)6-8-14)19(24)22-12-15-9-10-17(27-15)18(23)16-4-3-11-25-16/h3-11H,12H2,1-2H3,(H,22,24). The van der Waals surface area contributed by atoms with Crippen molar-refractivity contribution in [1.82, 2.24) is 5.32 Å². The molecule has 5 nitrogen and oxygen atoms in total. The molecule has 0 bridgehead atoms. The maximum atomic E-state index is 12.5. The van der Waals surface area contributed by atoms with Gasteiger partial charge in [0.25, 0.3) is 5.91 Å². The average Bonchev–Trinajstić information content (AvgIpc) is 3.33. The molecular weight excluding hydrogens is 386 g/mol. The number of carbonyl (C=O) groups excluding carboxylic acids is 2. The molecule has 0 aliphatic heterocycles. The molecule has 0 saturated heterocycles. The van der Waals surface area contributed by atoms with Crippen molar-refractivity contribution in [2.24, 2.45) is 0 Å². The molecule has 2 heterocycles. The highest BCUT2D eigenvalue weighted by molar-refractivity contribution is 7.14. The van der Waals surface area contributed by atoms with Crippen LogP contribution in [0.5, 0.6) is 5.75 Å². The number of benzene rings is 1. The molecule has 1 aromatic carbocycles. The number of carbonyl (C=O) groups is 2. The number of ether oxygens (including phenoxy) is 1. The van der Waals surface area contributed by atoms with Crippen molar-refractivity contribution < 1.29 is 18.7 Å². The Morgan fingerprint density at radius 1 is 1.15 bits per heavy atom. The highest BCUT2D eigenvalue weighted by Gasteiger charge is 2.29. The quantitative estimate of drug-likeness (QED) is 0.580. The van der Waals surface area contributed by atoms with Gasteiger partial charge in [0.15, 0.2) is 11.4 Å². The number of furan rings is 1. The Kier molecular flexibility index (Phi) is 5.68. The summed E-state index contributed by atoms with van der Waals surface area (Å²) in [5, 5.41) is 3.44. The third kappa shape index (κ3) is 4.78. The minimum absolute atomic E-state index is 0.172. The summed E-state index contributed by atoms with van der Waals surface area (Å²) in [6, 6.07) is 13.7. The molecule has 3 aromatic rings. The third-order valence-corrected chi connectivity index (χ3v) is 5.12. The SMILES string of the molecule is CC(C)(Oc1ccc(Cl)cc1)C(=O)NCc1ccc(C(=O)c2ccco2)s1. The molecule has 140 valence electrons. The van der Waals surface area contributed by atoms with Gasteiger partial charge in [0, 0.05) is 9.90 Å². The first-order valence-electron chi connectivity index (χ1n) is 8.25. The number of hydrogen-bond acceptors (Lipinski definition) is 5. The number of rotatable bonds is 7. The van der Waals surface area contributed by atoms with E-state index in [1.54, 1.807) is 56.3 Å². The summed E-state index contributed by atoms with van der Waals surface area (Å²) in [6.07, 6.45) is 1.46. The summed E-state index contributed by atoms with van der Waals surface area (Å²) >= 11 is 7.17. The zero-order valence-electron chi connectivity index (χ0n) is 14.8. The van der Waals surface area contributed by atoms with Gasteiger partial charge in [-0.25, -0.2) is 0 Å². The summed E-state index contributed by atoms with van der Waals surface area (Å²) in [7, 11) is 0. The Morgan fingerprint density at radius 2 is 1.89 bits per heavy atom. The van der Waals surface area contributed by atoms with Crippen LogP contribution in [0.1, 0.15) is 34.2 Å². The highest BCUT2D eigenvalue weighted by Crippen LogP contribution is 2.23. The molecule has 0 spiro atoms. The fraction of sp³-hybridized carbons (Fsp3) is 0.200. The van der Waals surface area contributed by atoms with Gasteiger partial charge in [-0.3, -0.25) is 9.59 Å². The second kappa shape index (κ2) is 7.98. The van der Waals surface area contributed by atoms with Crippen LogP contribution in [-0.2, 0) is 11.3 Å². The van der Waals surface area contributed by atoms with E-state index in [1.165, 1.54) is 17.6 Å². The van der Waals surface area contributed by atoms with Gasteiger partial charge in [0.2, 0.25) is 5.78 Å². The van der Waals surface area contributed by atoms with Gasteiger partial charge in [-0.15, -0.1) is 11.3 Å². The Labute approximate surface area is 165 Å². The highest BCUT2D eigenvalue weighted by atomic mass is 35.5. The predicted molar refractivity (Wildman–Crippen MR) is 104 cm³/mol. The molecule has 2 aromatic heterocycles. The van der Waals surface area contributed by atoms with Gasteiger partial charge < -0.3 is 14.5 Å². The molecule has 0 radical (unpaired) electrons. The van der Waals surface area contributed by atoms with E-state index in [4.69, 9.17) is 20.8 Å². The van der Waals surface area contributed by atoms with Gasteiger partial charge in [-0.2, -0.15) is 0 Å². The van der Waals surface area contributed by atoms with Crippen molar-refractivity contribution >= 4 is 34.6 Å².